The molecule has 0 aliphatic heterocycles. The number of rotatable bonds is 5. The van der Waals surface area contributed by atoms with Crippen LogP contribution in [0.5, 0.6) is 0 Å². The van der Waals surface area contributed by atoms with Gasteiger partial charge in [0.1, 0.15) is 5.82 Å². The Hall–Kier alpha value is -0.800. The van der Waals surface area contributed by atoms with Crippen molar-refractivity contribution >= 4 is 17.3 Å². The molecule has 0 bridgehead atoms. The highest BCUT2D eigenvalue weighted by atomic mass is 35.5. The zero-order valence-electron chi connectivity index (χ0n) is 9.56. The van der Waals surface area contributed by atoms with Crippen LogP contribution in [0.1, 0.15) is 26.7 Å². The van der Waals surface area contributed by atoms with E-state index in [9.17, 15) is 9.50 Å². The number of hydrogen-bond acceptors (Lipinski definition) is 2. The van der Waals surface area contributed by atoms with Gasteiger partial charge in [-0.05, 0) is 31.0 Å². The molecule has 0 unspecified atom stereocenters. The summed E-state index contributed by atoms with van der Waals surface area (Å²) in [5.74, 6) is -0.383. The first kappa shape index (κ1) is 13.3. The number of hydrogen-bond donors (Lipinski definition) is 2. The van der Waals surface area contributed by atoms with E-state index in [1.165, 1.54) is 12.1 Å². The average Bonchev–Trinajstić information content (AvgIpc) is 2.25. The van der Waals surface area contributed by atoms with Gasteiger partial charge in [0.2, 0.25) is 0 Å². The summed E-state index contributed by atoms with van der Waals surface area (Å²) in [5, 5.41) is 13.4. The molecule has 4 heteroatoms. The molecule has 0 amide bonds. The summed E-state index contributed by atoms with van der Waals surface area (Å²) in [7, 11) is 0. The van der Waals surface area contributed by atoms with Crippen molar-refractivity contribution in [3.8, 4) is 0 Å². The molecule has 1 aromatic rings. The van der Waals surface area contributed by atoms with Gasteiger partial charge in [0.05, 0.1) is 5.60 Å². The summed E-state index contributed by atoms with van der Waals surface area (Å²) in [6, 6.07) is 4.24. The Kier molecular flexibility index (Phi) is 4.56. The van der Waals surface area contributed by atoms with Crippen LogP contribution < -0.4 is 5.32 Å². The number of aliphatic hydroxyl groups is 1. The van der Waals surface area contributed by atoms with Crippen molar-refractivity contribution in [2.45, 2.75) is 32.3 Å². The first-order valence-electron chi connectivity index (χ1n) is 5.41. The van der Waals surface area contributed by atoms with E-state index in [1.54, 1.807) is 6.07 Å². The van der Waals surface area contributed by atoms with Crippen molar-refractivity contribution < 1.29 is 9.50 Å². The average molecular weight is 246 g/mol. The summed E-state index contributed by atoms with van der Waals surface area (Å²) in [6.45, 7) is 4.23. The molecular formula is C12H17ClFNO. The summed E-state index contributed by atoms with van der Waals surface area (Å²) in [5.41, 5.74) is -0.163. The van der Waals surface area contributed by atoms with Gasteiger partial charge in [0.15, 0.2) is 0 Å². The first-order valence-corrected chi connectivity index (χ1v) is 5.79. The molecule has 0 saturated heterocycles. The number of benzene rings is 1. The number of nitrogens with one attached hydrogen (secondary N) is 1. The first-order chi connectivity index (χ1) is 7.49. The monoisotopic (exact) mass is 245 g/mol. The molecule has 0 heterocycles. The predicted octanol–water partition coefficient (Wildman–Crippen LogP) is 3.44. The Bertz CT molecular complexity index is 333. The summed E-state index contributed by atoms with van der Waals surface area (Å²) in [6.07, 6.45) is 1.30. The molecule has 2 N–H and O–H groups in total. The van der Waals surface area contributed by atoms with Crippen molar-refractivity contribution in [2.75, 3.05) is 11.9 Å². The van der Waals surface area contributed by atoms with Crippen LogP contribution in [0.25, 0.3) is 0 Å². The van der Waals surface area contributed by atoms with Gasteiger partial charge in [-0.3, -0.25) is 0 Å². The second-order valence-corrected chi connectivity index (χ2v) is 4.38. The fourth-order valence-corrected chi connectivity index (χ4v) is 1.64. The maximum Gasteiger partial charge on any atom is 0.126 e. The largest absolute Gasteiger partial charge is 0.388 e. The minimum Gasteiger partial charge on any atom is -0.388 e. The molecule has 0 saturated carbocycles. The Balaban J connectivity index is 2.67. The van der Waals surface area contributed by atoms with E-state index in [1.807, 2.05) is 13.8 Å². The lowest BCUT2D eigenvalue weighted by Gasteiger charge is -2.26. The Morgan fingerprint density at radius 2 is 1.94 bits per heavy atom. The number of anilines is 1. The molecule has 0 aromatic heterocycles. The van der Waals surface area contributed by atoms with Gasteiger partial charge in [0, 0.05) is 17.3 Å². The van der Waals surface area contributed by atoms with E-state index in [-0.39, 0.29) is 5.82 Å². The smallest absolute Gasteiger partial charge is 0.126 e. The van der Waals surface area contributed by atoms with E-state index in [4.69, 9.17) is 11.6 Å². The summed E-state index contributed by atoms with van der Waals surface area (Å²) < 4.78 is 13.0. The Labute approximate surface area is 100 Å². The second-order valence-electron chi connectivity index (χ2n) is 3.94. The second kappa shape index (κ2) is 5.51. The molecule has 1 rings (SSSR count). The van der Waals surface area contributed by atoms with Gasteiger partial charge >= 0.3 is 0 Å². The van der Waals surface area contributed by atoms with Crippen LogP contribution in [0.15, 0.2) is 18.2 Å². The van der Waals surface area contributed by atoms with Gasteiger partial charge < -0.3 is 10.4 Å². The standard InChI is InChI=1S/C12H17ClFNO/c1-3-12(16,4-2)8-15-11-6-9(13)5-10(14)7-11/h5-7,15-16H,3-4,8H2,1-2H3. The van der Waals surface area contributed by atoms with Crippen LogP contribution in [-0.2, 0) is 0 Å². The minimum atomic E-state index is -0.751. The third-order valence-corrected chi connectivity index (χ3v) is 3.02. The molecule has 0 fully saturated rings. The lowest BCUT2D eigenvalue weighted by atomic mass is 9.97. The van der Waals surface area contributed by atoms with Crippen molar-refractivity contribution in [3.05, 3.63) is 29.0 Å². The van der Waals surface area contributed by atoms with Gasteiger partial charge in [-0.15, -0.1) is 0 Å². The fourth-order valence-electron chi connectivity index (χ4n) is 1.42. The van der Waals surface area contributed by atoms with Crippen molar-refractivity contribution in [3.63, 3.8) is 0 Å². The zero-order valence-corrected chi connectivity index (χ0v) is 10.3. The van der Waals surface area contributed by atoms with Crippen molar-refractivity contribution in [1.82, 2.24) is 0 Å². The van der Waals surface area contributed by atoms with E-state index in [0.29, 0.717) is 30.1 Å². The van der Waals surface area contributed by atoms with E-state index in [0.717, 1.165) is 0 Å². The van der Waals surface area contributed by atoms with E-state index >= 15 is 0 Å². The quantitative estimate of drug-likeness (QED) is 0.833. The fraction of sp³-hybridized carbons (Fsp3) is 0.500. The Morgan fingerprint density at radius 3 is 2.44 bits per heavy atom. The van der Waals surface area contributed by atoms with Crippen LogP contribution in [0.4, 0.5) is 10.1 Å². The van der Waals surface area contributed by atoms with Gasteiger partial charge in [-0.2, -0.15) is 0 Å². The van der Waals surface area contributed by atoms with E-state index < -0.39 is 5.60 Å². The van der Waals surface area contributed by atoms with Crippen LogP contribution in [0.3, 0.4) is 0 Å². The van der Waals surface area contributed by atoms with Crippen LogP contribution in [-0.4, -0.2) is 17.3 Å². The van der Waals surface area contributed by atoms with Gasteiger partial charge in [-0.25, -0.2) is 4.39 Å². The molecule has 0 aliphatic rings. The number of halogens is 2. The summed E-state index contributed by atoms with van der Waals surface area (Å²) >= 11 is 5.73. The zero-order chi connectivity index (χ0) is 12.2. The molecule has 0 atom stereocenters. The van der Waals surface area contributed by atoms with Crippen LogP contribution >= 0.6 is 11.6 Å². The molecule has 0 aliphatic carbocycles. The van der Waals surface area contributed by atoms with E-state index in [2.05, 4.69) is 5.32 Å². The third kappa shape index (κ3) is 3.65. The maximum absolute atomic E-state index is 13.0. The lowest BCUT2D eigenvalue weighted by Crippen LogP contribution is -2.35. The molecule has 1 aromatic carbocycles. The topological polar surface area (TPSA) is 32.3 Å². The Morgan fingerprint density at radius 1 is 1.31 bits per heavy atom. The molecule has 90 valence electrons. The van der Waals surface area contributed by atoms with Crippen LogP contribution in [0.2, 0.25) is 5.02 Å². The highest BCUT2D eigenvalue weighted by Gasteiger charge is 2.21. The van der Waals surface area contributed by atoms with Crippen LogP contribution in [0, 0.1) is 5.82 Å². The molecular weight excluding hydrogens is 229 g/mol. The van der Waals surface area contributed by atoms with Crippen molar-refractivity contribution in [1.29, 1.82) is 0 Å². The molecule has 16 heavy (non-hydrogen) atoms. The predicted molar refractivity (Wildman–Crippen MR) is 65.4 cm³/mol. The lowest BCUT2D eigenvalue weighted by molar-refractivity contribution is 0.0457. The normalized spacial score (nSPS) is 11.6. The third-order valence-electron chi connectivity index (χ3n) is 2.80. The molecule has 0 spiro atoms. The summed E-state index contributed by atoms with van der Waals surface area (Å²) in [4.78, 5) is 0. The SMILES string of the molecule is CCC(O)(CC)CNc1cc(F)cc(Cl)c1. The molecule has 0 radical (unpaired) electrons. The molecule has 2 nitrogen and oxygen atoms in total. The highest BCUT2D eigenvalue weighted by molar-refractivity contribution is 6.30. The minimum absolute atomic E-state index is 0.346. The van der Waals surface area contributed by atoms with Gasteiger partial charge in [0.25, 0.3) is 0 Å². The maximum atomic E-state index is 13.0. The highest BCUT2D eigenvalue weighted by Crippen LogP contribution is 2.20. The van der Waals surface area contributed by atoms with Crippen molar-refractivity contribution in [2.24, 2.45) is 0 Å². The van der Waals surface area contributed by atoms with Gasteiger partial charge in [-0.1, -0.05) is 25.4 Å².